The van der Waals surface area contributed by atoms with Crippen LogP contribution in [-0.4, -0.2) is 48.1 Å². The van der Waals surface area contributed by atoms with E-state index >= 15 is 0 Å². The molecule has 2 aliphatic rings. The van der Waals surface area contributed by atoms with Crippen molar-refractivity contribution in [2.45, 2.75) is 23.6 Å². The Morgan fingerprint density at radius 3 is 2.79 bits per heavy atom. The van der Waals surface area contributed by atoms with Gasteiger partial charge in [0, 0.05) is 0 Å². The van der Waals surface area contributed by atoms with Gasteiger partial charge in [-0.25, -0.2) is 0 Å². The number of hydrogen-bond acceptors (Lipinski definition) is 6. The summed E-state index contributed by atoms with van der Waals surface area (Å²) in [5.41, 5.74) is 0. The van der Waals surface area contributed by atoms with E-state index in [9.17, 15) is 10.1 Å². The van der Waals surface area contributed by atoms with Gasteiger partial charge in [0.1, 0.15) is 12.2 Å². The standard InChI is InChI=1S/C7H11NO5S/c1-14-5-3-12-6-4(13-8(9)10)2-11-7(5)6/h4-7H,2-3H2,1H3/t4-,5+,6-,7-/m1/s1. The molecule has 0 amide bonds. The minimum absolute atomic E-state index is 0.0602. The summed E-state index contributed by atoms with van der Waals surface area (Å²) in [6, 6.07) is 0. The fourth-order valence-electron chi connectivity index (χ4n) is 1.83. The Labute approximate surface area is 85.0 Å². The molecule has 4 atom stereocenters. The number of thioether (sulfide) groups is 1. The SMILES string of the molecule is CS[C@H]1CO[C@H]2[C@@H]1OC[C@H]2O[N+](=O)[O-]. The van der Waals surface area contributed by atoms with E-state index in [4.69, 9.17) is 9.47 Å². The Morgan fingerprint density at radius 1 is 1.43 bits per heavy atom. The molecule has 7 heteroatoms. The zero-order valence-electron chi connectivity index (χ0n) is 7.62. The molecule has 0 aliphatic carbocycles. The molecule has 6 nitrogen and oxygen atoms in total. The van der Waals surface area contributed by atoms with Gasteiger partial charge in [-0.3, -0.25) is 0 Å². The van der Waals surface area contributed by atoms with Crippen LogP contribution in [0.25, 0.3) is 0 Å². The van der Waals surface area contributed by atoms with E-state index in [1.54, 1.807) is 11.8 Å². The third-order valence-corrected chi connectivity index (χ3v) is 3.50. The summed E-state index contributed by atoms with van der Waals surface area (Å²) in [6.07, 6.45) is 1.07. The van der Waals surface area contributed by atoms with Gasteiger partial charge in [0.25, 0.3) is 5.09 Å². The molecular weight excluding hydrogens is 210 g/mol. The zero-order valence-corrected chi connectivity index (χ0v) is 8.44. The molecule has 0 N–H and O–H groups in total. The topological polar surface area (TPSA) is 70.8 Å². The fraction of sp³-hybridized carbons (Fsp3) is 1.00. The Hall–Kier alpha value is -0.530. The summed E-state index contributed by atoms with van der Waals surface area (Å²) in [4.78, 5) is 14.6. The van der Waals surface area contributed by atoms with E-state index in [0.717, 1.165) is 0 Å². The van der Waals surface area contributed by atoms with Gasteiger partial charge in [-0.2, -0.15) is 11.8 Å². The van der Waals surface area contributed by atoms with Gasteiger partial charge < -0.3 is 14.3 Å². The van der Waals surface area contributed by atoms with Gasteiger partial charge in [-0.1, -0.05) is 0 Å². The van der Waals surface area contributed by atoms with Crippen LogP contribution < -0.4 is 0 Å². The van der Waals surface area contributed by atoms with Gasteiger partial charge in [0.05, 0.1) is 18.5 Å². The average molecular weight is 221 g/mol. The summed E-state index contributed by atoms with van der Waals surface area (Å²) < 4.78 is 10.8. The lowest BCUT2D eigenvalue weighted by Gasteiger charge is -2.13. The second-order valence-corrected chi connectivity index (χ2v) is 4.31. The first-order valence-electron chi connectivity index (χ1n) is 4.29. The number of hydrogen-bond donors (Lipinski definition) is 0. The third kappa shape index (κ3) is 1.67. The zero-order chi connectivity index (χ0) is 10.1. The first kappa shape index (κ1) is 10.0. The van der Waals surface area contributed by atoms with Crippen molar-refractivity contribution in [1.82, 2.24) is 0 Å². The summed E-state index contributed by atoms with van der Waals surface area (Å²) in [6.45, 7) is 0.821. The molecule has 0 aromatic rings. The van der Waals surface area contributed by atoms with E-state index in [2.05, 4.69) is 4.84 Å². The molecule has 0 bridgehead atoms. The van der Waals surface area contributed by atoms with E-state index in [1.165, 1.54) is 0 Å². The number of nitrogens with zero attached hydrogens (tertiary/aromatic N) is 1. The molecule has 2 aliphatic heterocycles. The first-order chi connectivity index (χ1) is 6.72. The fourth-order valence-corrected chi connectivity index (χ4v) is 2.55. The van der Waals surface area contributed by atoms with Crippen molar-refractivity contribution in [1.29, 1.82) is 0 Å². The Morgan fingerprint density at radius 2 is 2.14 bits per heavy atom. The highest BCUT2D eigenvalue weighted by atomic mass is 32.2. The highest BCUT2D eigenvalue weighted by Gasteiger charge is 2.49. The van der Waals surface area contributed by atoms with Gasteiger partial charge in [0.2, 0.25) is 0 Å². The minimum Gasteiger partial charge on any atom is -0.372 e. The quantitative estimate of drug-likeness (QED) is 0.497. The van der Waals surface area contributed by atoms with Crippen molar-refractivity contribution in [3.63, 3.8) is 0 Å². The van der Waals surface area contributed by atoms with E-state index in [0.29, 0.717) is 6.61 Å². The van der Waals surface area contributed by atoms with Crippen LogP contribution in [-0.2, 0) is 14.3 Å². The van der Waals surface area contributed by atoms with Crippen molar-refractivity contribution in [3.05, 3.63) is 10.1 Å². The van der Waals surface area contributed by atoms with Gasteiger partial charge >= 0.3 is 0 Å². The van der Waals surface area contributed by atoms with E-state index in [1.807, 2.05) is 6.26 Å². The van der Waals surface area contributed by atoms with Crippen molar-refractivity contribution in [2.75, 3.05) is 19.5 Å². The lowest BCUT2D eigenvalue weighted by molar-refractivity contribution is -0.769. The van der Waals surface area contributed by atoms with Crippen LogP contribution in [0.2, 0.25) is 0 Å². The highest BCUT2D eigenvalue weighted by Crippen LogP contribution is 2.33. The molecule has 2 heterocycles. The highest BCUT2D eigenvalue weighted by molar-refractivity contribution is 7.99. The maximum atomic E-state index is 10.2. The molecule has 0 radical (unpaired) electrons. The van der Waals surface area contributed by atoms with Gasteiger partial charge in [-0.15, -0.1) is 10.1 Å². The Bertz CT molecular complexity index is 238. The van der Waals surface area contributed by atoms with Crippen molar-refractivity contribution >= 4 is 11.8 Å². The second-order valence-electron chi connectivity index (χ2n) is 3.24. The van der Waals surface area contributed by atoms with E-state index < -0.39 is 11.2 Å². The minimum atomic E-state index is -0.786. The lowest BCUT2D eigenvalue weighted by Crippen LogP contribution is -2.33. The smallest absolute Gasteiger partial charge is 0.294 e. The maximum absolute atomic E-state index is 10.2. The lowest BCUT2D eigenvalue weighted by atomic mass is 10.1. The summed E-state index contributed by atoms with van der Waals surface area (Å²) in [7, 11) is 0. The largest absolute Gasteiger partial charge is 0.372 e. The predicted molar refractivity (Wildman–Crippen MR) is 48.7 cm³/mol. The van der Waals surface area contributed by atoms with Crippen molar-refractivity contribution < 1.29 is 19.4 Å². The average Bonchev–Trinajstić information content (AvgIpc) is 2.67. The molecule has 2 saturated heterocycles. The third-order valence-electron chi connectivity index (χ3n) is 2.49. The molecule has 0 saturated carbocycles. The summed E-state index contributed by atoms with van der Waals surface area (Å²) in [5.74, 6) is 0. The molecule has 0 aromatic carbocycles. The molecule has 0 spiro atoms. The molecular formula is C7H11NO5S. The molecule has 0 aromatic heterocycles. The molecule has 2 fully saturated rings. The van der Waals surface area contributed by atoms with Crippen LogP contribution in [0, 0.1) is 10.1 Å². The number of fused-ring (bicyclic) bond motifs is 1. The van der Waals surface area contributed by atoms with Gasteiger partial charge in [0.15, 0.2) is 6.10 Å². The molecule has 0 unspecified atom stereocenters. The summed E-state index contributed by atoms with van der Waals surface area (Å²) >= 11 is 1.65. The number of rotatable bonds is 3. The summed E-state index contributed by atoms with van der Waals surface area (Å²) in [5, 5.41) is 9.64. The first-order valence-corrected chi connectivity index (χ1v) is 5.58. The number of ether oxygens (including phenoxy) is 2. The van der Waals surface area contributed by atoms with Crippen LogP contribution in [0.4, 0.5) is 0 Å². The van der Waals surface area contributed by atoms with Crippen LogP contribution in [0.3, 0.4) is 0 Å². The van der Waals surface area contributed by atoms with Crippen LogP contribution in [0.1, 0.15) is 0 Å². The van der Waals surface area contributed by atoms with Crippen LogP contribution >= 0.6 is 11.8 Å². The second kappa shape index (κ2) is 3.92. The maximum Gasteiger partial charge on any atom is 0.294 e. The Balaban J connectivity index is 1.97. The monoisotopic (exact) mass is 221 g/mol. The van der Waals surface area contributed by atoms with Crippen molar-refractivity contribution in [3.8, 4) is 0 Å². The van der Waals surface area contributed by atoms with Crippen LogP contribution in [0.15, 0.2) is 0 Å². The molecule has 2 rings (SSSR count). The van der Waals surface area contributed by atoms with Crippen molar-refractivity contribution in [2.24, 2.45) is 0 Å². The molecule has 14 heavy (non-hydrogen) atoms. The van der Waals surface area contributed by atoms with E-state index in [-0.39, 0.29) is 24.1 Å². The predicted octanol–water partition coefficient (Wildman–Crippen LogP) is 0.0925. The molecule has 80 valence electrons. The normalized spacial score (nSPS) is 40.9. The van der Waals surface area contributed by atoms with Gasteiger partial charge in [-0.05, 0) is 6.26 Å². The Kier molecular flexibility index (Phi) is 2.80. The van der Waals surface area contributed by atoms with Crippen LogP contribution in [0.5, 0.6) is 0 Å².